The maximum Gasteiger partial charge on any atom is 0.312 e. The first-order valence-electron chi connectivity index (χ1n) is 9.06. The maximum atomic E-state index is 12.4. The summed E-state index contributed by atoms with van der Waals surface area (Å²) < 4.78 is 10.4. The summed E-state index contributed by atoms with van der Waals surface area (Å²) >= 11 is 0. The number of nitrogens with zero attached hydrogens (tertiary/aromatic N) is 3. The molecular weight excluding hydrogens is 350 g/mol. The molecule has 2 aliphatic rings. The summed E-state index contributed by atoms with van der Waals surface area (Å²) in [6.07, 6.45) is 4.71. The van der Waals surface area contributed by atoms with Crippen molar-refractivity contribution in [2.45, 2.75) is 32.1 Å². The lowest BCUT2D eigenvalue weighted by molar-refractivity contribution is -0.141. The van der Waals surface area contributed by atoms with E-state index in [9.17, 15) is 14.4 Å². The lowest BCUT2D eigenvalue weighted by Gasteiger charge is -2.19. The Morgan fingerprint density at radius 2 is 1.78 bits per heavy atom. The van der Waals surface area contributed by atoms with E-state index in [-0.39, 0.29) is 36.6 Å². The highest BCUT2D eigenvalue weighted by atomic mass is 16.5. The van der Waals surface area contributed by atoms with Gasteiger partial charge in [-0.15, -0.1) is 10.2 Å². The van der Waals surface area contributed by atoms with E-state index in [1.807, 2.05) is 0 Å². The topological polar surface area (TPSA) is 103 Å². The molecule has 0 bridgehead atoms. The number of hydrogen-bond donors (Lipinski definition) is 0. The molecule has 1 aromatic heterocycles. The van der Waals surface area contributed by atoms with E-state index in [1.165, 1.54) is 11.3 Å². The van der Waals surface area contributed by atoms with Crippen molar-refractivity contribution in [1.29, 1.82) is 0 Å². The molecule has 140 valence electrons. The number of imide groups is 1. The molecule has 1 saturated carbocycles. The number of rotatable bonds is 5. The van der Waals surface area contributed by atoms with Gasteiger partial charge in [0.15, 0.2) is 0 Å². The second-order valence-corrected chi connectivity index (χ2v) is 6.82. The Hall–Kier alpha value is -3.03. The fourth-order valence-corrected chi connectivity index (χ4v) is 3.80. The number of carbonyl (C=O) groups excluding carboxylic acids is 3. The van der Waals surface area contributed by atoms with E-state index in [2.05, 4.69) is 10.2 Å². The Bertz CT molecular complexity index is 823. The third kappa shape index (κ3) is 3.47. The van der Waals surface area contributed by atoms with Crippen LogP contribution < -0.4 is 4.74 Å². The highest BCUT2D eigenvalue weighted by Crippen LogP contribution is 2.38. The number of carbonyl (C=O) groups is 3. The summed E-state index contributed by atoms with van der Waals surface area (Å²) in [4.78, 5) is 38.1. The van der Waals surface area contributed by atoms with Crippen LogP contribution in [0.15, 0.2) is 35.1 Å². The Morgan fingerprint density at radius 3 is 2.37 bits per heavy atom. The van der Waals surface area contributed by atoms with Gasteiger partial charge in [0.1, 0.15) is 5.75 Å². The van der Waals surface area contributed by atoms with Gasteiger partial charge in [-0.25, -0.2) is 0 Å². The van der Waals surface area contributed by atoms with Crippen molar-refractivity contribution in [3.63, 3.8) is 0 Å². The largest absolute Gasteiger partial charge is 0.426 e. The minimum absolute atomic E-state index is 0.0255. The van der Waals surface area contributed by atoms with E-state index in [0.717, 1.165) is 25.7 Å². The molecule has 2 aromatic rings. The number of ether oxygens (including phenoxy) is 1. The number of likely N-dealkylation sites (tertiary alicyclic amines) is 1. The third-order valence-electron chi connectivity index (χ3n) is 5.16. The predicted molar refractivity (Wildman–Crippen MR) is 92.2 cm³/mol. The SMILES string of the molecule is O=C(CCN1C(=O)[C@H]2CCCC[C@@H]2C1=O)Oc1ccc(-c2nnco2)cc1. The number of esters is 1. The average molecular weight is 369 g/mol. The van der Waals surface area contributed by atoms with Crippen LogP contribution >= 0.6 is 0 Å². The molecule has 2 heterocycles. The van der Waals surface area contributed by atoms with Crippen LogP contribution in [0.5, 0.6) is 5.75 Å². The first-order valence-corrected chi connectivity index (χ1v) is 9.06. The first-order chi connectivity index (χ1) is 13.1. The molecule has 2 fully saturated rings. The zero-order chi connectivity index (χ0) is 18.8. The fourth-order valence-electron chi connectivity index (χ4n) is 3.80. The molecule has 0 radical (unpaired) electrons. The molecule has 0 unspecified atom stereocenters. The van der Waals surface area contributed by atoms with Crippen molar-refractivity contribution in [3.05, 3.63) is 30.7 Å². The molecular formula is C19H19N3O5. The number of benzene rings is 1. The molecule has 8 nitrogen and oxygen atoms in total. The number of aromatic nitrogens is 2. The minimum Gasteiger partial charge on any atom is -0.426 e. The van der Waals surface area contributed by atoms with Crippen molar-refractivity contribution in [1.82, 2.24) is 15.1 Å². The lowest BCUT2D eigenvalue weighted by atomic mass is 9.81. The monoisotopic (exact) mass is 369 g/mol. The number of fused-ring (bicyclic) bond motifs is 1. The molecule has 1 saturated heterocycles. The van der Waals surface area contributed by atoms with Crippen LogP contribution in [0.4, 0.5) is 0 Å². The van der Waals surface area contributed by atoms with Gasteiger partial charge in [0.25, 0.3) is 0 Å². The van der Waals surface area contributed by atoms with Gasteiger partial charge in [0.05, 0.1) is 18.3 Å². The van der Waals surface area contributed by atoms with Crippen LogP contribution in [0.25, 0.3) is 11.5 Å². The molecule has 2 amide bonds. The van der Waals surface area contributed by atoms with E-state index < -0.39 is 5.97 Å². The summed E-state index contributed by atoms with van der Waals surface area (Å²) in [7, 11) is 0. The summed E-state index contributed by atoms with van der Waals surface area (Å²) in [6.45, 7) is 0.0730. The van der Waals surface area contributed by atoms with Gasteiger partial charge in [0.2, 0.25) is 24.1 Å². The van der Waals surface area contributed by atoms with Crippen LogP contribution in [0, 0.1) is 11.8 Å². The van der Waals surface area contributed by atoms with Crippen LogP contribution in [-0.2, 0) is 14.4 Å². The molecule has 0 spiro atoms. The average Bonchev–Trinajstić information content (AvgIpc) is 3.30. The van der Waals surface area contributed by atoms with Crippen molar-refractivity contribution in [2.24, 2.45) is 11.8 Å². The molecule has 1 aliphatic carbocycles. The fraction of sp³-hybridized carbons (Fsp3) is 0.421. The third-order valence-corrected chi connectivity index (χ3v) is 5.16. The van der Waals surface area contributed by atoms with Crippen LogP contribution in [0.1, 0.15) is 32.1 Å². The normalized spacial score (nSPS) is 22.0. The highest BCUT2D eigenvalue weighted by molar-refractivity contribution is 6.05. The van der Waals surface area contributed by atoms with E-state index in [4.69, 9.17) is 9.15 Å². The molecule has 1 aliphatic heterocycles. The second kappa shape index (κ2) is 7.30. The van der Waals surface area contributed by atoms with Gasteiger partial charge in [-0.1, -0.05) is 12.8 Å². The number of hydrogen-bond acceptors (Lipinski definition) is 7. The predicted octanol–water partition coefficient (Wildman–Crippen LogP) is 2.21. The van der Waals surface area contributed by atoms with Gasteiger partial charge in [-0.2, -0.15) is 0 Å². The van der Waals surface area contributed by atoms with Gasteiger partial charge in [-0.05, 0) is 37.1 Å². The highest BCUT2D eigenvalue weighted by Gasteiger charge is 2.47. The molecule has 2 atom stereocenters. The zero-order valence-electron chi connectivity index (χ0n) is 14.7. The van der Waals surface area contributed by atoms with E-state index in [1.54, 1.807) is 24.3 Å². The van der Waals surface area contributed by atoms with Crippen molar-refractivity contribution in [2.75, 3.05) is 6.54 Å². The quantitative estimate of drug-likeness (QED) is 0.452. The zero-order valence-corrected chi connectivity index (χ0v) is 14.7. The maximum absolute atomic E-state index is 12.4. The molecule has 1 aromatic carbocycles. The molecule has 0 N–H and O–H groups in total. The second-order valence-electron chi connectivity index (χ2n) is 6.82. The minimum atomic E-state index is -0.490. The Kier molecular flexibility index (Phi) is 4.70. The summed E-state index contributed by atoms with van der Waals surface area (Å²) in [6, 6.07) is 6.65. The Balaban J connectivity index is 1.32. The molecule has 8 heteroatoms. The molecule has 4 rings (SSSR count). The van der Waals surface area contributed by atoms with Gasteiger partial charge >= 0.3 is 5.97 Å². The summed E-state index contributed by atoms with van der Waals surface area (Å²) in [5.74, 6) is -0.408. The van der Waals surface area contributed by atoms with Crippen molar-refractivity contribution >= 4 is 17.8 Å². The standard InChI is InChI=1S/C19H19N3O5/c23-16(27-13-7-5-12(6-8-13)17-21-20-11-26-17)9-10-22-18(24)14-3-1-2-4-15(14)19(22)25/h5-8,11,14-15H,1-4,9-10H2/t14-,15-/m0/s1. The van der Waals surface area contributed by atoms with Gasteiger partial charge < -0.3 is 9.15 Å². The van der Waals surface area contributed by atoms with Crippen LogP contribution in [-0.4, -0.2) is 39.4 Å². The summed E-state index contributed by atoms with van der Waals surface area (Å²) in [5.41, 5.74) is 0.711. The summed E-state index contributed by atoms with van der Waals surface area (Å²) in [5, 5.41) is 7.41. The first kappa shape index (κ1) is 17.4. The van der Waals surface area contributed by atoms with Gasteiger partial charge in [-0.3, -0.25) is 19.3 Å². The van der Waals surface area contributed by atoms with Crippen molar-refractivity contribution in [3.8, 4) is 17.2 Å². The van der Waals surface area contributed by atoms with Crippen LogP contribution in [0.3, 0.4) is 0 Å². The van der Waals surface area contributed by atoms with E-state index in [0.29, 0.717) is 17.2 Å². The van der Waals surface area contributed by atoms with Crippen LogP contribution in [0.2, 0.25) is 0 Å². The number of amides is 2. The smallest absolute Gasteiger partial charge is 0.312 e. The lowest BCUT2D eigenvalue weighted by Crippen LogP contribution is -2.33. The Morgan fingerprint density at radius 1 is 1.11 bits per heavy atom. The van der Waals surface area contributed by atoms with Crippen molar-refractivity contribution < 1.29 is 23.5 Å². The van der Waals surface area contributed by atoms with E-state index >= 15 is 0 Å². The van der Waals surface area contributed by atoms with Gasteiger partial charge in [0, 0.05) is 12.1 Å². The molecule has 27 heavy (non-hydrogen) atoms. The Labute approximate surface area is 155 Å².